The van der Waals surface area contributed by atoms with Crippen molar-refractivity contribution >= 4 is 36.3 Å². The zero-order valence-corrected chi connectivity index (χ0v) is 19.9. The highest BCUT2D eigenvalue weighted by Crippen LogP contribution is 2.11. The monoisotopic (exact) mass is 502 g/mol. The molecular weight excluding hydrogens is 472 g/mol. The molecule has 0 saturated carbocycles. The maximum Gasteiger partial charge on any atom is 0.305 e. The molecule has 35 heavy (non-hydrogen) atoms. The van der Waals surface area contributed by atoms with Gasteiger partial charge in [0.05, 0.1) is 12.5 Å². The Morgan fingerprint density at radius 2 is 1.43 bits per heavy atom. The van der Waals surface area contributed by atoms with Gasteiger partial charge in [-0.25, -0.2) is 0 Å². The van der Waals surface area contributed by atoms with Crippen molar-refractivity contribution < 1.29 is 29.4 Å². The fraction of sp³-hybridized carbons (Fsp3) is 0.333. The molecule has 2 aromatic carbocycles. The first-order chi connectivity index (χ1) is 16.7. The number of carboxylic acids is 1. The number of phenolic OH excluding ortho intramolecular Hbond substituents is 1. The van der Waals surface area contributed by atoms with E-state index < -0.39 is 41.8 Å². The van der Waals surface area contributed by atoms with E-state index in [0.29, 0.717) is 0 Å². The summed E-state index contributed by atoms with van der Waals surface area (Å²) < 4.78 is 0. The van der Waals surface area contributed by atoms with Crippen LogP contribution in [0.2, 0.25) is 0 Å². The van der Waals surface area contributed by atoms with Crippen LogP contribution in [0.4, 0.5) is 0 Å². The van der Waals surface area contributed by atoms with Crippen molar-refractivity contribution in [2.45, 2.75) is 37.4 Å². The molecule has 11 heteroatoms. The van der Waals surface area contributed by atoms with Gasteiger partial charge in [0.25, 0.3) is 0 Å². The van der Waals surface area contributed by atoms with Gasteiger partial charge in [0, 0.05) is 18.7 Å². The van der Waals surface area contributed by atoms with Crippen LogP contribution >= 0.6 is 12.6 Å². The van der Waals surface area contributed by atoms with E-state index in [1.54, 1.807) is 36.4 Å². The molecule has 0 radical (unpaired) electrons. The summed E-state index contributed by atoms with van der Waals surface area (Å²) in [7, 11) is 0. The molecule has 2 aromatic rings. The smallest absolute Gasteiger partial charge is 0.305 e. The summed E-state index contributed by atoms with van der Waals surface area (Å²) in [6, 6.07) is 12.2. The molecular formula is C24H30N4O6S. The summed E-state index contributed by atoms with van der Waals surface area (Å²) in [5, 5.41) is 25.8. The van der Waals surface area contributed by atoms with E-state index in [1.165, 1.54) is 12.1 Å². The van der Waals surface area contributed by atoms with E-state index in [2.05, 4.69) is 28.6 Å². The zero-order valence-electron chi connectivity index (χ0n) is 19.0. The van der Waals surface area contributed by atoms with Crippen molar-refractivity contribution in [2.24, 2.45) is 5.73 Å². The third kappa shape index (κ3) is 9.67. The molecule has 0 saturated heterocycles. The molecule has 0 unspecified atom stereocenters. The van der Waals surface area contributed by atoms with Crippen LogP contribution in [0.1, 0.15) is 17.5 Å². The number of thiol groups is 1. The summed E-state index contributed by atoms with van der Waals surface area (Å²) >= 11 is 4.15. The van der Waals surface area contributed by atoms with E-state index in [4.69, 9.17) is 10.8 Å². The zero-order chi connectivity index (χ0) is 25.8. The molecule has 0 heterocycles. The second-order valence-corrected chi connectivity index (χ2v) is 8.27. The van der Waals surface area contributed by atoms with Gasteiger partial charge in [0.1, 0.15) is 17.8 Å². The Kier molecular flexibility index (Phi) is 11.0. The number of aliphatic carboxylic acids is 1. The van der Waals surface area contributed by atoms with Gasteiger partial charge in [-0.2, -0.15) is 12.6 Å². The summed E-state index contributed by atoms with van der Waals surface area (Å²) in [6.07, 6.45) is 0.0979. The highest BCUT2D eigenvalue weighted by atomic mass is 32.1. The van der Waals surface area contributed by atoms with Crippen molar-refractivity contribution in [1.29, 1.82) is 0 Å². The molecule has 188 valence electrons. The minimum atomic E-state index is -1.06. The molecule has 2 rings (SSSR count). The van der Waals surface area contributed by atoms with Crippen molar-refractivity contribution in [2.75, 3.05) is 12.3 Å². The predicted octanol–water partition coefficient (Wildman–Crippen LogP) is -0.00500. The molecule has 0 bridgehead atoms. The SMILES string of the molecule is N[C@@H](Cc1ccc(O)cc1)C(=O)N[C@H](CS)C(=O)N[C@@H](Cc1ccccc1)C(=O)NCCC(=O)O. The maximum absolute atomic E-state index is 12.9. The Bertz CT molecular complexity index is 1000. The summed E-state index contributed by atoms with van der Waals surface area (Å²) in [5.74, 6) is -2.75. The normalized spacial score (nSPS) is 13.2. The third-order valence-corrected chi connectivity index (χ3v) is 5.46. The van der Waals surface area contributed by atoms with Crippen LogP contribution < -0.4 is 21.7 Å². The van der Waals surface area contributed by atoms with Gasteiger partial charge in [-0.15, -0.1) is 0 Å². The molecule has 0 aliphatic carbocycles. The van der Waals surface area contributed by atoms with Gasteiger partial charge < -0.3 is 31.9 Å². The molecule has 0 aliphatic heterocycles. The highest BCUT2D eigenvalue weighted by molar-refractivity contribution is 7.80. The first-order valence-corrected chi connectivity index (χ1v) is 11.6. The fourth-order valence-corrected chi connectivity index (χ4v) is 3.46. The second-order valence-electron chi connectivity index (χ2n) is 7.91. The standard InChI is InChI=1S/C24H30N4O6S/c25-18(12-16-6-8-17(29)9-7-16)22(32)28-20(14-35)24(34)27-19(13-15-4-2-1-3-5-15)23(33)26-11-10-21(30)31/h1-9,18-20,29,35H,10-14,25H2,(H,26,33)(H,27,34)(H,28,32)(H,30,31)/t18-,19-,20+/m0/s1. The molecule has 10 nitrogen and oxygen atoms in total. The van der Waals surface area contributed by atoms with E-state index in [9.17, 15) is 24.3 Å². The topological polar surface area (TPSA) is 171 Å². The Hall–Kier alpha value is -3.57. The predicted molar refractivity (Wildman–Crippen MR) is 133 cm³/mol. The van der Waals surface area contributed by atoms with Crippen LogP contribution in [-0.4, -0.2) is 64.3 Å². The number of hydrogen-bond acceptors (Lipinski definition) is 7. The highest BCUT2D eigenvalue weighted by Gasteiger charge is 2.27. The molecule has 7 N–H and O–H groups in total. The first-order valence-electron chi connectivity index (χ1n) is 11.0. The number of carboxylic acid groups (broad SMARTS) is 1. The van der Waals surface area contributed by atoms with Crippen LogP contribution in [0.25, 0.3) is 0 Å². The van der Waals surface area contributed by atoms with Crippen LogP contribution in [0, 0.1) is 0 Å². The van der Waals surface area contributed by atoms with Crippen LogP contribution in [0.5, 0.6) is 5.75 Å². The number of phenols is 1. The van der Waals surface area contributed by atoms with E-state index in [1.807, 2.05) is 6.07 Å². The Labute approximate surface area is 208 Å². The summed E-state index contributed by atoms with van der Waals surface area (Å²) in [5.41, 5.74) is 7.50. The van der Waals surface area contributed by atoms with Crippen LogP contribution in [0.3, 0.4) is 0 Å². The van der Waals surface area contributed by atoms with Crippen molar-refractivity contribution in [3.63, 3.8) is 0 Å². The Morgan fingerprint density at radius 3 is 2.03 bits per heavy atom. The van der Waals surface area contributed by atoms with Gasteiger partial charge in [0.15, 0.2) is 0 Å². The molecule has 0 aromatic heterocycles. The molecule has 0 aliphatic rings. The summed E-state index contributed by atoms with van der Waals surface area (Å²) in [6.45, 7) is -0.0891. The van der Waals surface area contributed by atoms with E-state index >= 15 is 0 Å². The Morgan fingerprint density at radius 1 is 0.829 bits per heavy atom. The van der Waals surface area contributed by atoms with Gasteiger partial charge in [0.2, 0.25) is 17.7 Å². The average molecular weight is 503 g/mol. The largest absolute Gasteiger partial charge is 0.508 e. The molecule has 3 atom stereocenters. The number of nitrogens with one attached hydrogen (secondary N) is 3. The molecule has 3 amide bonds. The van der Waals surface area contributed by atoms with Crippen molar-refractivity contribution in [1.82, 2.24) is 16.0 Å². The first kappa shape index (κ1) is 27.7. The molecule has 0 fully saturated rings. The average Bonchev–Trinajstić information content (AvgIpc) is 2.83. The van der Waals surface area contributed by atoms with E-state index in [0.717, 1.165) is 11.1 Å². The fourth-order valence-electron chi connectivity index (χ4n) is 3.20. The molecule has 0 spiro atoms. The van der Waals surface area contributed by atoms with Crippen LogP contribution in [-0.2, 0) is 32.0 Å². The number of rotatable bonds is 13. The minimum Gasteiger partial charge on any atom is -0.508 e. The number of carbonyl (C=O) groups excluding carboxylic acids is 3. The number of amides is 3. The lowest BCUT2D eigenvalue weighted by Crippen LogP contribution is -2.57. The van der Waals surface area contributed by atoms with E-state index in [-0.39, 0.29) is 37.3 Å². The minimum absolute atomic E-state index is 0.0395. The summed E-state index contributed by atoms with van der Waals surface area (Å²) in [4.78, 5) is 48.9. The number of benzene rings is 2. The van der Waals surface area contributed by atoms with Gasteiger partial charge >= 0.3 is 5.97 Å². The second kappa shape index (κ2) is 14.0. The lowest BCUT2D eigenvalue weighted by Gasteiger charge is -2.23. The maximum atomic E-state index is 12.9. The number of hydrogen-bond donors (Lipinski definition) is 7. The lowest BCUT2D eigenvalue weighted by molar-refractivity contribution is -0.137. The quantitative estimate of drug-likeness (QED) is 0.189. The third-order valence-electron chi connectivity index (χ3n) is 5.10. The Balaban J connectivity index is 2.02. The number of carbonyl (C=O) groups is 4. The van der Waals surface area contributed by atoms with Gasteiger partial charge in [-0.3, -0.25) is 19.2 Å². The van der Waals surface area contributed by atoms with Crippen molar-refractivity contribution in [3.8, 4) is 5.75 Å². The van der Waals surface area contributed by atoms with Crippen molar-refractivity contribution in [3.05, 3.63) is 65.7 Å². The number of aromatic hydroxyl groups is 1. The van der Waals surface area contributed by atoms with Gasteiger partial charge in [-0.05, 0) is 29.7 Å². The lowest BCUT2D eigenvalue weighted by atomic mass is 10.0. The van der Waals surface area contributed by atoms with Gasteiger partial charge in [-0.1, -0.05) is 42.5 Å². The number of nitrogens with two attached hydrogens (primary N) is 1. The van der Waals surface area contributed by atoms with Crippen LogP contribution in [0.15, 0.2) is 54.6 Å².